The molecule has 4 aromatic carbocycles. The lowest BCUT2D eigenvalue weighted by atomic mass is 9.53. The molecule has 222 valence electrons. The molecule has 0 saturated carbocycles. The molecule has 1 aliphatic heterocycles. The van der Waals surface area contributed by atoms with Crippen LogP contribution in [0.15, 0.2) is 96.0 Å². The molecule has 5 nitrogen and oxygen atoms in total. The molecule has 2 atom stereocenters. The molecule has 0 saturated heterocycles. The monoisotopic (exact) mass is 586 g/mol. The summed E-state index contributed by atoms with van der Waals surface area (Å²) in [5.74, 6) is 0.997. The number of pyridine rings is 1. The molecule has 7 rings (SSSR count). The van der Waals surface area contributed by atoms with Gasteiger partial charge in [0.25, 0.3) is 0 Å². The van der Waals surface area contributed by atoms with Crippen molar-refractivity contribution in [3.8, 4) is 28.5 Å². The Morgan fingerprint density at radius 2 is 1.52 bits per heavy atom. The minimum atomic E-state index is -0.565. The summed E-state index contributed by atoms with van der Waals surface area (Å²) in [6.07, 6.45) is -0.232. The minimum Gasteiger partial charge on any atom is -0.506 e. The van der Waals surface area contributed by atoms with Gasteiger partial charge in [-0.1, -0.05) is 70.2 Å². The lowest BCUT2D eigenvalue weighted by molar-refractivity contribution is 0.0261. The van der Waals surface area contributed by atoms with E-state index in [9.17, 15) is 5.11 Å². The maximum Gasteiger partial charge on any atom is 0.219 e. The van der Waals surface area contributed by atoms with Crippen molar-refractivity contribution in [2.45, 2.75) is 64.0 Å². The average molecular weight is 587 g/mol. The van der Waals surface area contributed by atoms with Crippen molar-refractivity contribution in [3.63, 3.8) is 0 Å². The Hall–Kier alpha value is -4.71. The van der Waals surface area contributed by atoms with Gasteiger partial charge in [0, 0.05) is 33.4 Å². The number of aliphatic imine (C=N–C) groups is 1. The van der Waals surface area contributed by atoms with Gasteiger partial charge < -0.3 is 14.6 Å². The lowest BCUT2D eigenvalue weighted by Gasteiger charge is -2.53. The van der Waals surface area contributed by atoms with E-state index in [1.807, 2.05) is 37.3 Å². The van der Waals surface area contributed by atoms with Gasteiger partial charge in [-0.2, -0.15) is 0 Å². The minimum absolute atomic E-state index is 0.0852. The van der Waals surface area contributed by atoms with Gasteiger partial charge in [-0.25, -0.2) is 14.4 Å². The third-order valence-corrected chi connectivity index (χ3v) is 9.74. The van der Waals surface area contributed by atoms with E-state index >= 15 is 4.39 Å². The zero-order chi connectivity index (χ0) is 31.0. The van der Waals surface area contributed by atoms with Crippen LogP contribution in [0.3, 0.4) is 0 Å². The molecule has 0 spiro atoms. The first-order valence-corrected chi connectivity index (χ1v) is 14.9. The number of phenolic OH excluding ortho intramolecular Hbond substituents is 1. The van der Waals surface area contributed by atoms with Crippen LogP contribution in [-0.2, 0) is 15.6 Å². The highest BCUT2D eigenvalue weighted by atomic mass is 19.1. The second-order valence-corrected chi connectivity index (χ2v) is 13.3. The van der Waals surface area contributed by atoms with Gasteiger partial charge >= 0.3 is 0 Å². The van der Waals surface area contributed by atoms with Crippen LogP contribution in [0.4, 0.5) is 4.39 Å². The summed E-state index contributed by atoms with van der Waals surface area (Å²) in [5, 5.41) is 11.3. The number of halogens is 1. The lowest BCUT2D eigenvalue weighted by Crippen LogP contribution is -2.61. The molecular weight excluding hydrogens is 551 g/mol. The number of aromatic hydroxyl groups is 1. The summed E-state index contributed by atoms with van der Waals surface area (Å²) in [7, 11) is 0. The fourth-order valence-electron chi connectivity index (χ4n) is 7.13. The second kappa shape index (κ2) is 9.65. The van der Waals surface area contributed by atoms with Crippen molar-refractivity contribution < 1.29 is 19.0 Å². The van der Waals surface area contributed by atoms with E-state index in [0.717, 1.165) is 10.9 Å². The standard InChI is InChI=1S/C38H35FN2O3/c1-22-17-23-15-16-32(40-33(23)31(42)18-22)43-26-20-24(27-11-7-10-14-30(27)39)19-25(21-26)34-41-38(6)35(44-34)36(2,3)28-12-8-9-13-29(28)37(38,4)5/h7-21,35,42H,1-6H3/t35-,38-/m1/s1. The second-order valence-electron chi connectivity index (χ2n) is 13.3. The fraction of sp³-hybridized carbons (Fsp3) is 0.263. The molecule has 0 amide bonds. The Balaban J connectivity index is 1.35. The maximum absolute atomic E-state index is 15.1. The van der Waals surface area contributed by atoms with Crippen LogP contribution in [0.2, 0.25) is 0 Å². The summed E-state index contributed by atoms with van der Waals surface area (Å²) >= 11 is 0. The number of aryl methyl sites for hydroxylation is 1. The van der Waals surface area contributed by atoms with Gasteiger partial charge in [0.1, 0.15) is 34.5 Å². The van der Waals surface area contributed by atoms with Crippen LogP contribution in [0.25, 0.3) is 22.0 Å². The van der Waals surface area contributed by atoms with Crippen molar-refractivity contribution in [2.24, 2.45) is 4.99 Å². The predicted octanol–water partition coefficient (Wildman–Crippen LogP) is 9.02. The van der Waals surface area contributed by atoms with Crippen LogP contribution in [0.5, 0.6) is 17.4 Å². The number of ether oxygens (including phenoxy) is 2. The number of hydrogen-bond acceptors (Lipinski definition) is 5. The Bertz CT molecular complexity index is 2000. The number of fused-ring (bicyclic) bond motifs is 3. The van der Waals surface area contributed by atoms with E-state index in [4.69, 9.17) is 14.5 Å². The van der Waals surface area contributed by atoms with E-state index in [0.29, 0.717) is 39.7 Å². The van der Waals surface area contributed by atoms with Gasteiger partial charge in [-0.05, 0) is 78.6 Å². The largest absolute Gasteiger partial charge is 0.506 e. The van der Waals surface area contributed by atoms with Crippen LogP contribution < -0.4 is 4.74 Å². The Labute approximate surface area is 257 Å². The predicted molar refractivity (Wildman–Crippen MR) is 172 cm³/mol. The zero-order valence-corrected chi connectivity index (χ0v) is 25.8. The molecule has 1 aliphatic carbocycles. The smallest absolute Gasteiger partial charge is 0.219 e. The maximum atomic E-state index is 15.1. The summed E-state index contributed by atoms with van der Waals surface area (Å²) < 4.78 is 28.2. The summed E-state index contributed by atoms with van der Waals surface area (Å²) in [6, 6.07) is 28.0. The molecule has 1 aromatic heterocycles. The molecular formula is C38H35FN2O3. The quantitative estimate of drug-likeness (QED) is 0.228. The van der Waals surface area contributed by atoms with Gasteiger partial charge in [-0.15, -0.1) is 0 Å². The van der Waals surface area contributed by atoms with Crippen molar-refractivity contribution in [3.05, 3.63) is 119 Å². The Morgan fingerprint density at radius 3 is 2.30 bits per heavy atom. The third-order valence-electron chi connectivity index (χ3n) is 9.74. The molecule has 1 N–H and O–H groups in total. The van der Waals surface area contributed by atoms with Gasteiger partial charge in [-0.3, -0.25) is 0 Å². The molecule has 44 heavy (non-hydrogen) atoms. The van der Waals surface area contributed by atoms with Crippen molar-refractivity contribution in [2.75, 3.05) is 0 Å². The summed E-state index contributed by atoms with van der Waals surface area (Å²) in [6.45, 7) is 13.0. The summed E-state index contributed by atoms with van der Waals surface area (Å²) in [5.41, 5.74) is 4.47. The topological polar surface area (TPSA) is 63.9 Å². The number of rotatable bonds is 4. The highest BCUT2D eigenvalue weighted by Gasteiger charge is 2.63. The number of aromatic nitrogens is 1. The highest BCUT2D eigenvalue weighted by molar-refractivity contribution is 5.98. The van der Waals surface area contributed by atoms with Gasteiger partial charge in [0.15, 0.2) is 0 Å². The zero-order valence-electron chi connectivity index (χ0n) is 25.8. The molecule has 0 fully saturated rings. The van der Waals surface area contributed by atoms with Crippen molar-refractivity contribution in [1.29, 1.82) is 0 Å². The van der Waals surface area contributed by atoms with Crippen LogP contribution in [-0.4, -0.2) is 27.6 Å². The molecule has 6 heteroatoms. The third kappa shape index (κ3) is 4.19. The van der Waals surface area contributed by atoms with E-state index in [1.165, 1.54) is 17.2 Å². The van der Waals surface area contributed by atoms with Gasteiger partial charge in [0.2, 0.25) is 11.8 Å². The molecule has 2 heterocycles. The highest BCUT2D eigenvalue weighted by Crippen LogP contribution is 2.56. The molecule has 0 unspecified atom stereocenters. The van der Waals surface area contributed by atoms with Gasteiger partial charge in [0.05, 0.1) is 0 Å². The first-order valence-electron chi connectivity index (χ1n) is 14.9. The number of nitrogens with zero attached hydrogens (tertiary/aromatic N) is 2. The van der Waals surface area contributed by atoms with Crippen LogP contribution in [0, 0.1) is 12.7 Å². The molecule has 5 aromatic rings. The fourth-order valence-corrected chi connectivity index (χ4v) is 7.13. The van der Waals surface area contributed by atoms with E-state index < -0.39 is 5.54 Å². The molecule has 2 aliphatic rings. The van der Waals surface area contributed by atoms with Crippen LogP contribution >= 0.6 is 0 Å². The van der Waals surface area contributed by atoms with Crippen LogP contribution in [0.1, 0.15) is 56.9 Å². The number of benzene rings is 4. The molecule has 0 radical (unpaired) electrons. The number of phenols is 1. The van der Waals surface area contributed by atoms with E-state index in [2.05, 4.69) is 63.9 Å². The Kier molecular flexibility index (Phi) is 6.16. The van der Waals surface area contributed by atoms with E-state index in [-0.39, 0.29) is 28.5 Å². The SMILES string of the molecule is Cc1cc(O)c2nc(Oc3cc(C4=N[C@]5(C)[C@H](O4)C(C)(C)c4ccccc4C5(C)C)cc(-c4ccccc4F)c3)ccc2c1. The molecule has 0 bridgehead atoms. The van der Waals surface area contributed by atoms with Crippen molar-refractivity contribution in [1.82, 2.24) is 4.98 Å². The summed E-state index contributed by atoms with van der Waals surface area (Å²) in [4.78, 5) is 9.90. The van der Waals surface area contributed by atoms with Crippen molar-refractivity contribution >= 4 is 16.8 Å². The Morgan fingerprint density at radius 1 is 0.818 bits per heavy atom. The normalized spacial score (nSPS) is 21.2. The average Bonchev–Trinajstić information content (AvgIpc) is 3.37. The number of hydrogen-bond donors (Lipinski definition) is 1. The van der Waals surface area contributed by atoms with E-state index in [1.54, 1.807) is 30.3 Å². The first kappa shape index (κ1) is 28.1. The first-order chi connectivity index (χ1) is 20.9.